The first kappa shape index (κ1) is 11.5. The van der Waals surface area contributed by atoms with Gasteiger partial charge in [-0.05, 0) is 35.4 Å². The number of ether oxygens (including phenoxy) is 1. The van der Waals surface area contributed by atoms with E-state index in [2.05, 4.69) is 23.4 Å². The molecule has 3 aromatic rings. The van der Waals surface area contributed by atoms with Gasteiger partial charge in [0.1, 0.15) is 17.9 Å². The minimum atomic E-state index is 0.0680. The van der Waals surface area contributed by atoms with E-state index in [1.54, 1.807) is 0 Å². The van der Waals surface area contributed by atoms with Crippen LogP contribution in [0.3, 0.4) is 0 Å². The number of rotatable bonds is 1. The molecule has 0 amide bonds. The van der Waals surface area contributed by atoms with E-state index in [1.165, 1.54) is 11.1 Å². The van der Waals surface area contributed by atoms with Crippen molar-refractivity contribution in [2.45, 2.75) is 12.2 Å². The van der Waals surface area contributed by atoms with Crippen LogP contribution in [-0.4, -0.2) is 5.16 Å². The van der Waals surface area contributed by atoms with Crippen LogP contribution in [0.5, 0.6) is 0 Å². The summed E-state index contributed by atoms with van der Waals surface area (Å²) in [6.45, 7) is 0. The Hall–Kier alpha value is -2.10. The Morgan fingerprint density at radius 3 is 2.43 bits per heavy atom. The first-order chi connectivity index (χ1) is 10.3. The Kier molecular flexibility index (Phi) is 2.18. The summed E-state index contributed by atoms with van der Waals surface area (Å²) in [6.07, 6.45) is 4.34. The average Bonchev–Trinajstić information content (AvgIpc) is 3.20. The van der Waals surface area contributed by atoms with Crippen LogP contribution in [-0.2, 0) is 4.74 Å². The molecule has 4 heteroatoms. The maximum absolute atomic E-state index is 5.94. The van der Waals surface area contributed by atoms with Crippen LogP contribution in [0, 0.1) is 0 Å². The van der Waals surface area contributed by atoms with Crippen molar-refractivity contribution in [3.8, 4) is 11.3 Å². The molecule has 21 heavy (non-hydrogen) atoms. The van der Waals surface area contributed by atoms with Crippen LogP contribution >= 0.6 is 11.6 Å². The number of benzene rings is 2. The summed E-state index contributed by atoms with van der Waals surface area (Å²) in [7, 11) is 0. The van der Waals surface area contributed by atoms with Crippen LogP contribution in [0.1, 0.15) is 23.3 Å². The summed E-state index contributed by atoms with van der Waals surface area (Å²) in [5, 5.41) is 5.95. The van der Waals surface area contributed by atoms with Gasteiger partial charge in [0.2, 0.25) is 0 Å². The van der Waals surface area contributed by atoms with E-state index in [0.29, 0.717) is 5.02 Å². The van der Waals surface area contributed by atoms with Crippen LogP contribution < -0.4 is 0 Å². The van der Waals surface area contributed by atoms with E-state index in [4.69, 9.17) is 20.9 Å². The van der Waals surface area contributed by atoms with Gasteiger partial charge < -0.3 is 9.26 Å². The first-order valence-electron chi connectivity index (χ1n) is 6.82. The summed E-state index contributed by atoms with van der Waals surface area (Å²) < 4.78 is 11.4. The van der Waals surface area contributed by atoms with Crippen LogP contribution in [0.2, 0.25) is 5.02 Å². The molecule has 2 aliphatic heterocycles. The molecule has 2 aromatic carbocycles. The molecule has 0 saturated heterocycles. The lowest BCUT2D eigenvalue weighted by molar-refractivity contribution is 0.0879. The highest BCUT2D eigenvalue weighted by Crippen LogP contribution is 2.47. The molecule has 0 saturated carbocycles. The molecular formula is C17H10ClNO2. The lowest BCUT2D eigenvalue weighted by Crippen LogP contribution is -1.92. The summed E-state index contributed by atoms with van der Waals surface area (Å²) in [6, 6.07) is 11.8. The third kappa shape index (κ3) is 1.56. The fraction of sp³-hybridized carbons (Fsp3) is 0.118. The zero-order valence-corrected chi connectivity index (χ0v) is 11.7. The van der Waals surface area contributed by atoms with E-state index in [9.17, 15) is 0 Å². The summed E-state index contributed by atoms with van der Waals surface area (Å²) in [5.41, 5.74) is 5.04. The number of halogens is 1. The van der Waals surface area contributed by atoms with Gasteiger partial charge in [-0.2, -0.15) is 0 Å². The molecule has 0 aliphatic carbocycles. The van der Waals surface area contributed by atoms with Gasteiger partial charge >= 0.3 is 0 Å². The van der Waals surface area contributed by atoms with Crippen molar-refractivity contribution in [2.75, 3.05) is 0 Å². The third-order valence-corrected chi connectivity index (χ3v) is 4.41. The fourth-order valence-electron chi connectivity index (χ4n) is 3.13. The number of hydrogen-bond donors (Lipinski definition) is 0. The molecular weight excluding hydrogens is 286 g/mol. The van der Waals surface area contributed by atoms with Crippen LogP contribution in [0.25, 0.3) is 22.2 Å². The molecule has 102 valence electrons. The number of fused-ring (bicyclic) bond motifs is 6. The second-order valence-electron chi connectivity index (χ2n) is 5.38. The first-order valence-corrected chi connectivity index (χ1v) is 7.20. The quantitative estimate of drug-likeness (QED) is 0.603. The van der Waals surface area contributed by atoms with Gasteiger partial charge in [-0.1, -0.05) is 41.0 Å². The zero-order valence-electron chi connectivity index (χ0n) is 10.9. The van der Waals surface area contributed by atoms with Crippen molar-refractivity contribution in [2.24, 2.45) is 0 Å². The normalized spacial score (nSPS) is 22.1. The monoisotopic (exact) mass is 295 g/mol. The van der Waals surface area contributed by atoms with E-state index in [0.717, 1.165) is 22.2 Å². The Morgan fingerprint density at radius 1 is 0.952 bits per heavy atom. The molecule has 0 spiro atoms. The van der Waals surface area contributed by atoms with E-state index in [-0.39, 0.29) is 12.2 Å². The third-order valence-electron chi connectivity index (χ3n) is 4.16. The molecule has 5 rings (SSSR count). The van der Waals surface area contributed by atoms with Gasteiger partial charge in [-0.15, -0.1) is 0 Å². The van der Waals surface area contributed by atoms with E-state index in [1.807, 2.05) is 30.3 Å². The van der Waals surface area contributed by atoms with Gasteiger partial charge in [0.25, 0.3) is 0 Å². The molecule has 0 fully saturated rings. The van der Waals surface area contributed by atoms with Crippen LogP contribution in [0.4, 0.5) is 0 Å². The number of aromatic nitrogens is 1. The molecule has 0 N–H and O–H groups in total. The predicted molar refractivity (Wildman–Crippen MR) is 80.2 cm³/mol. The van der Waals surface area contributed by atoms with Crippen LogP contribution in [0.15, 0.2) is 53.1 Å². The Morgan fingerprint density at radius 2 is 1.67 bits per heavy atom. The van der Waals surface area contributed by atoms with Crippen molar-refractivity contribution in [1.82, 2.24) is 5.16 Å². The zero-order chi connectivity index (χ0) is 14.0. The number of nitrogens with zero attached hydrogens (tertiary/aromatic N) is 1. The maximum Gasteiger partial charge on any atom is 0.167 e. The van der Waals surface area contributed by atoms with Gasteiger partial charge in [0.15, 0.2) is 5.58 Å². The minimum absolute atomic E-state index is 0.0680. The maximum atomic E-state index is 5.94. The van der Waals surface area contributed by atoms with Crippen molar-refractivity contribution in [3.63, 3.8) is 0 Å². The van der Waals surface area contributed by atoms with Gasteiger partial charge in [-0.3, -0.25) is 0 Å². The molecule has 3 nitrogen and oxygen atoms in total. The summed E-state index contributed by atoms with van der Waals surface area (Å²) in [4.78, 5) is 0. The lowest BCUT2D eigenvalue weighted by Gasteiger charge is -2.06. The van der Waals surface area contributed by atoms with Crippen molar-refractivity contribution < 1.29 is 9.26 Å². The highest BCUT2D eigenvalue weighted by molar-refractivity contribution is 6.30. The highest BCUT2D eigenvalue weighted by atomic mass is 35.5. The van der Waals surface area contributed by atoms with Crippen molar-refractivity contribution in [3.05, 3.63) is 64.7 Å². The van der Waals surface area contributed by atoms with Gasteiger partial charge in [-0.25, -0.2) is 0 Å². The van der Waals surface area contributed by atoms with E-state index >= 15 is 0 Å². The minimum Gasteiger partial charge on any atom is -0.357 e. The highest BCUT2D eigenvalue weighted by Gasteiger charge is 2.34. The SMILES string of the molecule is Clc1ccc(-c2noc3cc4c(cc23)C2C=CC4O2)cc1. The van der Waals surface area contributed by atoms with Crippen molar-refractivity contribution in [1.29, 1.82) is 0 Å². The number of hydrogen-bond acceptors (Lipinski definition) is 3. The molecule has 1 aromatic heterocycles. The standard InChI is InChI=1S/C17H10ClNO2/c18-10-3-1-9(2-4-10)17-13-7-11-12(8-16(13)21-19-17)15-6-5-14(11)20-15/h1-8,14-15H. The summed E-state index contributed by atoms with van der Waals surface area (Å²) >= 11 is 5.94. The molecule has 0 radical (unpaired) electrons. The average molecular weight is 296 g/mol. The van der Waals surface area contributed by atoms with Crippen molar-refractivity contribution >= 4 is 22.6 Å². The topological polar surface area (TPSA) is 35.3 Å². The Balaban J connectivity index is 1.73. The lowest BCUT2D eigenvalue weighted by atomic mass is 9.94. The molecule has 2 unspecified atom stereocenters. The Bertz CT molecular complexity index is 895. The largest absolute Gasteiger partial charge is 0.357 e. The molecule has 2 aliphatic rings. The smallest absolute Gasteiger partial charge is 0.167 e. The van der Waals surface area contributed by atoms with E-state index < -0.39 is 0 Å². The molecule has 2 atom stereocenters. The predicted octanol–water partition coefficient (Wildman–Crippen LogP) is 4.83. The molecule has 2 bridgehead atoms. The second kappa shape index (κ2) is 3.97. The fourth-order valence-corrected chi connectivity index (χ4v) is 3.26. The molecule has 3 heterocycles. The Labute approximate surface area is 125 Å². The summed E-state index contributed by atoms with van der Waals surface area (Å²) in [5.74, 6) is 0. The second-order valence-corrected chi connectivity index (χ2v) is 5.81. The van der Waals surface area contributed by atoms with Gasteiger partial charge in [0, 0.05) is 10.6 Å². The van der Waals surface area contributed by atoms with Gasteiger partial charge in [0.05, 0.1) is 5.39 Å².